The van der Waals surface area contributed by atoms with E-state index < -0.39 is 15.8 Å². The molecule has 1 N–H and O–H groups in total. The Kier molecular flexibility index (Phi) is 6.16. The van der Waals surface area contributed by atoms with Gasteiger partial charge in [0.25, 0.3) is 17.3 Å². The van der Waals surface area contributed by atoms with Crippen LogP contribution in [0.15, 0.2) is 47.6 Å². The topological polar surface area (TPSA) is 137 Å². The minimum absolute atomic E-state index is 0.0682. The summed E-state index contributed by atoms with van der Waals surface area (Å²) < 4.78 is 5.26. The van der Waals surface area contributed by atoms with Crippen LogP contribution in [0, 0.1) is 32.6 Å². The maximum atomic E-state index is 12.1. The van der Waals surface area contributed by atoms with Crippen molar-refractivity contribution in [2.24, 2.45) is 5.10 Å². The molecule has 0 fully saturated rings. The Balaban J connectivity index is 2.23. The van der Waals surface area contributed by atoms with Crippen LogP contribution in [-0.2, 0) is 0 Å². The number of nitro benzene ring substituents is 2. The first-order valence-electron chi connectivity index (χ1n) is 7.35. The second kappa shape index (κ2) is 8.72. The molecular weight excluding hydrogens is 356 g/mol. The summed E-state index contributed by atoms with van der Waals surface area (Å²) in [4.78, 5) is 32.7. The first-order chi connectivity index (χ1) is 12.9. The number of para-hydroxylation sites is 1. The van der Waals surface area contributed by atoms with Crippen LogP contribution in [0.25, 0.3) is 0 Å². The molecule has 2 rings (SSSR count). The third-order valence-corrected chi connectivity index (χ3v) is 3.23. The summed E-state index contributed by atoms with van der Waals surface area (Å²) in [5, 5.41) is 25.5. The molecule has 0 radical (unpaired) electrons. The SMILES string of the molecule is C#CCOc1ccc([N+](=O)[O-])cc1/C=N\NC(=O)c1ccccc1[N+](=O)[O-]. The second-order valence-corrected chi connectivity index (χ2v) is 4.95. The van der Waals surface area contributed by atoms with Crippen LogP contribution in [0.5, 0.6) is 5.75 Å². The molecule has 0 aliphatic rings. The number of nitro groups is 2. The number of carbonyl (C=O) groups is 1. The summed E-state index contributed by atoms with van der Waals surface area (Å²) in [6.07, 6.45) is 6.24. The molecule has 0 aromatic heterocycles. The van der Waals surface area contributed by atoms with Gasteiger partial charge in [0, 0.05) is 23.8 Å². The van der Waals surface area contributed by atoms with Gasteiger partial charge in [-0.1, -0.05) is 18.1 Å². The molecule has 136 valence electrons. The van der Waals surface area contributed by atoms with Crippen LogP contribution in [0.1, 0.15) is 15.9 Å². The highest BCUT2D eigenvalue weighted by Crippen LogP contribution is 2.23. The quantitative estimate of drug-likeness (QED) is 0.344. The molecule has 0 aliphatic heterocycles. The first kappa shape index (κ1) is 19.1. The number of rotatable bonds is 7. The largest absolute Gasteiger partial charge is 0.480 e. The molecule has 27 heavy (non-hydrogen) atoms. The fourth-order valence-electron chi connectivity index (χ4n) is 2.05. The van der Waals surface area contributed by atoms with Gasteiger partial charge in [-0.15, -0.1) is 6.42 Å². The average molecular weight is 368 g/mol. The van der Waals surface area contributed by atoms with E-state index in [-0.39, 0.29) is 34.9 Å². The summed E-state index contributed by atoms with van der Waals surface area (Å²) in [6.45, 7) is -0.0682. The fourth-order valence-corrected chi connectivity index (χ4v) is 2.05. The van der Waals surface area contributed by atoms with Gasteiger partial charge in [-0.25, -0.2) is 5.43 Å². The minimum atomic E-state index is -0.810. The Hall–Kier alpha value is -4.26. The van der Waals surface area contributed by atoms with Crippen LogP contribution in [0.2, 0.25) is 0 Å². The van der Waals surface area contributed by atoms with E-state index in [4.69, 9.17) is 11.2 Å². The third-order valence-electron chi connectivity index (χ3n) is 3.23. The lowest BCUT2D eigenvalue weighted by atomic mass is 10.2. The zero-order valence-corrected chi connectivity index (χ0v) is 13.7. The number of amides is 1. The van der Waals surface area contributed by atoms with Gasteiger partial charge in [-0.2, -0.15) is 5.10 Å². The van der Waals surface area contributed by atoms with E-state index in [2.05, 4.69) is 16.4 Å². The number of nitrogens with zero attached hydrogens (tertiary/aromatic N) is 3. The molecule has 10 nitrogen and oxygen atoms in total. The van der Waals surface area contributed by atoms with E-state index in [1.54, 1.807) is 0 Å². The summed E-state index contributed by atoms with van der Waals surface area (Å²) in [7, 11) is 0. The van der Waals surface area contributed by atoms with Crippen LogP contribution in [-0.4, -0.2) is 28.6 Å². The Labute approximate surface area is 152 Å². The maximum absolute atomic E-state index is 12.1. The Morgan fingerprint density at radius 1 is 1.22 bits per heavy atom. The highest BCUT2D eigenvalue weighted by molar-refractivity contribution is 5.98. The smallest absolute Gasteiger partial charge is 0.282 e. The van der Waals surface area contributed by atoms with Crippen LogP contribution in [0.4, 0.5) is 11.4 Å². The molecule has 0 unspecified atom stereocenters. The van der Waals surface area contributed by atoms with Gasteiger partial charge in [0.15, 0.2) is 0 Å². The molecule has 2 aromatic carbocycles. The number of hydrogen-bond donors (Lipinski definition) is 1. The van der Waals surface area contributed by atoms with E-state index in [0.29, 0.717) is 0 Å². The van der Waals surface area contributed by atoms with Gasteiger partial charge >= 0.3 is 0 Å². The molecule has 0 atom stereocenters. The van der Waals surface area contributed by atoms with Crippen molar-refractivity contribution < 1.29 is 19.4 Å². The van der Waals surface area contributed by atoms with Gasteiger partial charge in [0.1, 0.15) is 17.9 Å². The van der Waals surface area contributed by atoms with E-state index in [1.165, 1.54) is 42.5 Å². The Morgan fingerprint density at radius 2 is 1.96 bits per heavy atom. The van der Waals surface area contributed by atoms with Crippen molar-refractivity contribution in [2.75, 3.05) is 6.61 Å². The van der Waals surface area contributed by atoms with Crippen LogP contribution in [0.3, 0.4) is 0 Å². The number of benzene rings is 2. The van der Waals surface area contributed by atoms with Crippen LogP contribution < -0.4 is 10.2 Å². The molecule has 0 aliphatic carbocycles. The monoisotopic (exact) mass is 368 g/mol. The van der Waals surface area contributed by atoms with Crippen LogP contribution >= 0.6 is 0 Å². The lowest BCUT2D eigenvalue weighted by Crippen LogP contribution is -2.19. The predicted octanol–water partition coefficient (Wildman–Crippen LogP) is 2.28. The molecule has 0 saturated carbocycles. The first-order valence-corrected chi connectivity index (χ1v) is 7.35. The standard InChI is InChI=1S/C17H12N4O6/c1-2-9-27-16-8-7-13(20(23)24)10-12(16)11-18-19-17(22)14-5-3-4-6-15(14)21(25)26/h1,3-8,10-11H,9H2,(H,19,22)/b18-11-. The van der Waals surface area contributed by atoms with Crippen molar-refractivity contribution in [3.05, 3.63) is 73.8 Å². The number of carbonyl (C=O) groups excluding carboxylic acids is 1. The van der Waals surface area contributed by atoms with E-state index in [1.807, 2.05) is 0 Å². The molecular formula is C17H12N4O6. The van der Waals surface area contributed by atoms with Crippen molar-refractivity contribution in [3.63, 3.8) is 0 Å². The molecule has 0 heterocycles. The number of hydrazone groups is 1. The minimum Gasteiger partial charge on any atom is -0.480 e. The zero-order chi connectivity index (χ0) is 19.8. The highest BCUT2D eigenvalue weighted by atomic mass is 16.6. The van der Waals surface area contributed by atoms with E-state index >= 15 is 0 Å². The molecule has 1 amide bonds. The average Bonchev–Trinajstić information content (AvgIpc) is 2.66. The number of terminal acetylenes is 1. The van der Waals surface area contributed by atoms with Gasteiger partial charge in [0.05, 0.1) is 16.1 Å². The lowest BCUT2D eigenvalue weighted by Gasteiger charge is -2.06. The second-order valence-electron chi connectivity index (χ2n) is 4.95. The third kappa shape index (κ3) is 4.86. The molecule has 0 saturated heterocycles. The van der Waals surface area contributed by atoms with Crippen molar-refractivity contribution >= 4 is 23.5 Å². The number of ether oxygens (including phenoxy) is 1. The van der Waals surface area contributed by atoms with Crippen molar-refractivity contribution in [3.8, 4) is 18.1 Å². The maximum Gasteiger partial charge on any atom is 0.282 e. The summed E-state index contributed by atoms with van der Waals surface area (Å²) >= 11 is 0. The summed E-state index contributed by atoms with van der Waals surface area (Å²) in [6, 6.07) is 9.12. The lowest BCUT2D eigenvalue weighted by molar-refractivity contribution is -0.385. The fraction of sp³-hybridized carbons (Fsp3) is 0.0588. The van der Waals surface area contributed by atoms with Crippen molar-refractivity contribution in [2.45, 2.75) is 0 Å². The Morgan fingerprint density at radius 3 is 2.63 bits per heavy atom. The van der Waals surface area contributed by atoms with E-state index in [9.17, 15) is 25.0 Å². The molecule has 0 spiro atoms. The van der Waals surface area contributed by atoms with Gasteiger partial charge < -0.3 is 4.74 Å². The molecule has 0 bridgehead atoms. The number of nitrogens with one attached hydrogen (secondary N) is 1. The Bertz CT molecular complexity index is 964. The van der Waals surface area contributed by atoms with Crippen molar-refractivity contribution in [1.82, 2.24) is 5.43 Å². The highest BCUT2D eigenvalue weighted by Gasteiger charge is 2.18. The van der Waals surface area contributed by atoms with Crippen molar-refractivity contribution in [1.29, 1.82) is 0 Å². The zero-order valence-electron chi connectivity index (χ0n) is 13.7. The van der Waals surface area contributed by atoms with Gasteiger partial charge in [-0.05, 0) is 12.1 Å². The number of hydrogen-bond acceptors (Lipinski definition) is 7. The molecule has 10 heteroatoms. The van der Waals surface area contributed by atoms with E-state index in [0.717, 1.165) is 6.21 Å². The summed E-state index contributed by atoms with van der Waals surface area (Å²) in [5.41, 5.74) is 1.56. The summed E-state index contributed by atoms with van der Waals surface area (Å²) in [5.74, 6) is 1.67. The van der Waals surface area contributed by atoms with Gasteiger partial charge in [-0.3, -0.25) is 25.0 Å². The van der Waals surface area contributed by atoms with Gasteiger partial charge in [0.2, 0.25) is 0 Å². The number of non-ortho nitro benzene ring substituents is 1. The molecule has 2 aromatic rings. The normalized spacial score (nSPS) is 10.2. The predicted molar refractivity (Wildman–Crippen MR) is 95.6 cm³/mol.